The summed E-state index contributed by atoms with van der Waals surface area (Å²) in [5.74, 6) is 0.841. The number of rotatable bonds is 7. The molecule has 1 amide bonds. The minimum absolute atomic E-state index is 0.0127. The molecular weight excluding hydrogens is 296 g/mol. The zero-order valence-corrected chi connectivity index (χ0v) is 12.4. The number of alkyl halides is 1. The van der Waals surface area contributed by atoms with Crippen LogP contribution in [0.3, 0.4) is 0 Å². The largest absolute Gasteiger partial charge is 0.492 e. The van der Waals surface area contributed by atoms with E-state index < -0.39 is 0 Å². The molecule has 0 unspecified atom stereocenters. The summed E-state index contributed by atoms with van der Waals surface area (Å²) >= 11 is 3.10. The molecule has 0 saturated heterocycles. The first-order chi connectivity index (χ1) is 8.61. The number of likely N-dealkylation sites (N-methyl/N-ethyl adjacent to an activating group) is 1. The molecule has 18 heavy (non-hydrogen) atoms. The molecule has 0 fully saturated rings. The van der Waals surface area contributed by atoms with Gasteiger partial charge in [-0.1, -0.05) is 28.1 Å². The highest BCUT2D eigenvalue weighted by molar-refractivity contribution is 9.09. The molecule has 0 aromatic heterocycles. The van der Waals surface area contributed by atoms with E-state index >= 15 is 0 Å². The Balaban J connectivity index is 2.35. The quantitative estimate of drug-likeness (QED) is 0.778. The van der Waals surface area contributed by atoms with Crippen LogP contribution < -0.4 is 10.1 Å². The Morgan fingerprint density at radius 3 is 2.56 bits per heavy atom. The maximum absolute atomic E-state index is 11.1. The van der Waals surface area contributed by atoms with E-state index in [1.54, 1.807) is 0 Å². The summed E-state index contributed by atoms with van der Waals surface area (Å²) in [5, 5.41) is 3.12. The van der Waals surface area contributed by atoms with E-state index in [1.807, 2.05) is 38.4 Å². The molecule has 0 heterocycles. The van der Waals surface area contributed by atoms with Crippen LogP contribution in [0.25, 0.3) is 0 Å². The van der Waals surface area contributed by atoms with Gasteiger partial charge < -0.3 is 15.0 Å². The van der Waals surface area contributed by atoms with Gasteiger partial charge >= 0.3 is 0 Å². The summed E-state index contributed by atoms with van der Waals surface area (Å²) in [6.45, 7) is 2.11. The van der Waals surface area contributed by atoms with Gasteiger partial charge in [0.2, 0.25) is 5.91 Å². The predicted molar refractivity (Wildman–Crippen MR) is 76.1 cm³/mol. The SMILES string of the molecule is CN(C)CCOc1ccc(CNC(=O)CBr)cc1. The Labute approximate surface area is 116 Å². The van der Waals surface area contributed by atoms with Crippen molar-refractivity contribution < 1.29 is 9.53 Å². The topological polar surface area (TPSA) is 41.6 Å². The molecule has 0 atom stereocenters. The van der Waals surface area contributed by atoms with Crippen molar-refractivity contribution in [3.05, 3.63) is 29.8 Å². The van der Waals surface area contributed by atoms with Crippen LogP contribution in [0.4, 0.5) is 0 Å². The third-order valence-corrected chi connectivity index (χ3v) is 2.85. The average molecular weight is 315 g/mol. The molecule has 5 heteroatoms. The highest BCUT2D eigenvalue weighted by Crippen LogP contribution is 2.11. The van der Waals surface area contributed by atoms with Gasteiger partial charge in [-0.3, -0.25) is 4.79 Å². The number of amides is 1. The van der Waals surface area contributed by atoms with Crippen molar-refractivity contribution in [2.45, 2.75) is 6.54 Å². The van der Waals surface area contributed by atoms with E-state index in [4.69, 9.17) is 4.74 Å². The number of benzene rings is 1. The number of nitrogens with one attached hydrogen (secondary N) is 1. The molecule has 1 N–H and O–H groups in total. The second kappa shape index (κ2) is 8.11. The van der Waals surface area contributed by atoms with Crippen LogP contribution >= 0.6 is 15.9 Å². The highest BCUT2D eigenvalue weighted by Gasteiger charge is 1.99. The molecule has 1 aromatic rings. The van der Waals surface area contributed by atoms with Gasteiger partial charge in [-0.05, 0) is 31.8 Å². The van der Waals surface area contributed by atoms with Crippen LogP contribution in [0.1, 0.15) is 5.56 Å². The molecule has 1 rings (SSSR count). The summed E-state index contributed by atoms with van der Waals surface area (Å²) in [4.78, 5) is 13.1. The number of hydrogen-bond acceptors (Lipinski definition) is 3. The Kier molecular flexibility index (Phi) is 6.75. The zero-order valence-electron chi connectivity index (χ0n) is 10.8. The molecule has 1 aromatic carbocycles. The van der Waals surface area contributed by atoms with Gasteiger partial charge in [-0.2, -0.15) is 0 Å². The molecular formula is C13H19BrN2O2. The van der Waals surface area contributed by atoms with Gasteiger partial charge in [0.25, 0.3) is 0 Å². The van der Waals surface area contributed by atoms with E-state index in [2.05, 4.69) is 26.1 Å². The maximum atomic E-state index is 11.1. The van der Waals surface area contributed by atoms with E-state index in [-0.39, 0.29) is 5.91 Å². The van der Waals surface area contributed by atoms with Crippen molar-refractivity contribution in [2.24, 2.45) is 0 Å². The molecule has 0 bridgehead atoms. The fourth-order valence-corrected chi connectivity index (χ4v) is 1.50. The lowest BCUT2D eigenvalue weighted by Gasteiger charge is -2.11. The fraction of sp³-hybridized carbons (Fsp3) is 0.462. The van der Waals surface area contributed by atoms with Gasteiger partial charge in [-0.15, -0.1) is 0 Å². The minimum atomic E-state index is -0.0127. The summed E-state index contributed by atoms with van der Waals surface area (Å²) in [7, 11) is 4.03. The average Bonchev–Trinajstić information content (AvgIpc) is 2.37. The van der Waals surface area contributed by atoms with Crippen molar-refractivity contribution >= 4 is 21.8 Å². The van der Waals surface area contributed by atoms with Gasteiger partial charge in [0, 0.05) is 13.1 Å². The molecule has 0 aliphatic heterocycles. The third kappa shape index (κ3) is 6.02. The summed E-state index contributed by atoms with van der Waals surface area (Å²) in [6, 6.07) is 7.76. The second-order valence-corrected chi connectivity index (χ2v) is 4.77. The van der Waals surface area contributed by atoms with Gasteiger partial charge in [0.05, 0.1) is 5.33 Å². The first kappa shape index (κ1) is 15.0. The van der Waals surface area contributed by atoms with Gasteiger partial charge in [0.1, 0.15) is 12.4 Å². The van der Waals surface area contributed by atoms with Crippen LogP contribution in [-0.2, 0) is 11.3 Å². The molecule has 0 spiro atoms. The molecule has 0 saturated carbocycles. The van der Waals surface area contributed by atoms with Crippen LogP contribution in [0.5, 0.6) is 5.75 Å². The highest BCUT2D eigenvalue weighted by atomic mass is 79.9. The second-order valence-electron chi connectivity index (χ2n) is 4.21. The van der Waals surface area contributed by atoms with Crippen LogP contribution in [0.2, 0.25) is 0 Å². The van der Waals surface area contributed by atoms with Crippen LogP contribution in [-0.4, -0.2) is 43.4 Å². The summed E-state index contributed by atoms with van der Waals surface area (Å²) in [5.41, 5.74) is 1.06. The van der Waals surface area contributed by atoms with Crippen LogP contribution in [0, 0.1) is 0 Å². The fourth-order valence-electron chi connectivity index (χ4n) is 1.30. The zero-order chi connectivity index (χ0) is 13.4. The number of hydrogen-bond donors (Lipinski definition) is 1. The minimum Gasteiger partial charge on any atom is -0.492 e. The standard InChI is InChI=1S/C13H19BrN2O2/c1-16(2)7-8-18-12-5-3-11(4-6-12)10-15-13(17)9-14/h3-6H,7-10H2,1-2H3,(H,15,17). The van der Waals surface area contributed by atoms with Crippen molar-refractivity contribution in [3.63, 3.8) is 0 Å². The van der Waals surface area contributed by atoms with E-state index in [1.165, 1.54) is 0 Å². The Morgan fingerprint density at radius 1 is 1.33 bits per heavy atom. The molecule has 100 valence electrons. The number of carbonyl (C=O) groups excluding carboxylic acids is 1. The van der Waals surface area contributed by atoms with E-state index in [0.717, 1.165) is 17.9 Å². The van der Waals surface area contributed by atoms with Crippen LogP contribution in [0.15, 0.2) is 24.3 Å². The lowest BCUT2D eigenvalue weighted by atomic mass is 10.2. The van der Waals surface area contributed by atoms with Crippen molar-refractivity contribution in [1.82, 2.24) is 10.2 Å². The van der Waals surface area contributed by atoms with E-state index in [9.17, 15) is 4.79 Å². The molecule has 0 radical (unpaired) electrons. The first-order valence-electron chi connectivity index (χ1n) is 5.81. The third-order valence-electron chi connectivity index (χ3n) is 2.34. The normalized spacial score (nSPS) is 10.4. The van der Waals surface area contributed by atoms with Crippen molar-refractivity contribution in [3.8, 4) is 5.75 Å². The van der Waals surface area contributed by atoms with Crippen molar-refractivity contribution in [1.29, 1.82) is 0 Å². The number of ether oxygens (including phenoxy) is 1. The number of halogens is 1. The Hall–Kier alpha value is -1.07. The molecule has 0 aliphatic rings. The van der Waals surface area contributed by atoms with Crippen molar-refractivity contribution in [2.75, 3.05) is 32.6 Å². The monoisotopic (exact) mass is 314 g/mol. The van der Waals surface area contributed by atoms with Gasteiger partial charge in [-0.25, -0.2) is 0 Å². The smallest absolute Gasteiger partial charge is 0.230 e. The van der Waals surface area contributed by atoms with Gasteiger partial charge in [0.15, 0.2) is 0 Å². The lowest BCUT2D eigenvalue weighted by molar-refractivity contribution is -0.118. The number of carbonyl (C=O) groups is 1. The Morgan fingerprint density at radius 2 is 2.00 bits per heavy atom. The summed E-state index contributed by atoms with van der Waals surface area (Å²) < 4.78 is 5.58. The van der Waals surface area contributed by atoms with E-state index in [0.29, 0.717) is 18.5 Å². The molecule has 0 aliphatic carbocycles. The lowest BCUT2D eigenvalue weighted by Crippen LogP contribution is -2.23. The first-order valence-corrected chi connectivity index (χ1v) is 6.93. The predicted octanol–water partition coefficient (Wildman–Crippen LogP) is 1.64. The Bertz CT molecular complexity index is 366. The number of nitrogens with zero attached hydrogens (tertiary/aromatic N) is 1. The molecule has 4 nitrogen and oxygen atoms in total. The maximum Gasteiger partial charge on any atom is 0.230 e. The summed E-state index contributed by atoms with van der Waals surface area (Å²) in [6.07, 6.45) is 0.